The zero-order chi connectivity index (χ0) is 26.1. The zero-order valence-electron chi connectivity index (χ0n) is 20.0. The van der Waals surface area contributed by atoms with Crippen molar-refractivity contribution in [3.8, 4) is 0 Å². The van der Waals surface area contributed by atoms with Gasteiger partial charge in [-0.05, 0) is 30.9 Å². The van der Waals surface area contributed by atoms with Crippen molar-refractivity contribution in [3.05, 3.63) is 62.5 Å². The highest BCUT2D eigenvalue weighted by Gasteiger charge is 2.42. The second-order valence-electron chi connectivity index (χ2n) is 9.34. The minimum Gasteiger partial charge on any atom is -0.481 e. The van der Waals surface area contributed by atoms with Gasteiger partial charge in [0.1, 0.15) is 11.9 Å². The van der Waals surface area contributed by atoms with Crippen LogP contribution in [0.1, 0.15) is 35.9 Å². The summed E-state index contributed by atoms with van der Waals surface area (Å²) in [6.45, 7) is 1.32. The first kappa shape index (κ1) is 25.8. The van der Waals surface area contributed by atoms with Crippen molar-refractivity contribution in [3.63, 3.8) is 0 Å². The standard InChI is InChI=1S/C25H26ClFN4O5S/c1-35-25(34)21-19(10-31-15-6-13(8-20(32)33)7-16(31)12-36-11-15)29-23(24-28-4-5-37-24)30-22(21)17-3-2-14(27)9-18(17)26/h2-5,9,13,15-16,22H,6-8,10-12H2,1H3,(H,29,30)(H,32,33). The van der Waals surface area contributed by atoms with Crippen LogP contribution in [-0.4, -0.2) is 71.7 Å². The molecular formula is C25H26ClFN4O5S. The van der Waals surface area contributed by atoms with Crippen molar-refractivity contribution >= 4 is 40.7 Å². The summed E-state index contributed by atoms with van der Waals surface area (Å²) in [5.74, 6) is -1.32. The van der Waals surface area contributed by atoms with Gasteiger partial charge in [-0.25, -0.2) is 14.2 Å². The summed E-state index contributed by atoms with van der Waals surface area (Å²) in [5, 5.41) is 15.2. The van der Waals surface area contributed by atoms with Gasteiger partial charge in [-0.3, -0.25) is 14.7 Å². The molecule has 1 aromatic carbocycles. The number of ether oxygens (including phenoxy) is 2. The summed E-state index contributed by atoms with van der Waals surface area (Å²) in [6.07, 6.45) is 3.16. The number of piperidine rings is 1. The Morgan fingerprint density at radius 2 is 2.08 bits per heavy atom. The summed E-state index contributed by atoms with van der Waals surface area (Å²) in [7, 11) is 1.30. The van der Waals surface area contributed by atoms with Crippen molar-refractivity contribution in [1.29, 1.82) is 0 Å². The minimum atomic E-state index is -0.837. The molecule has 37 heavy (non-hydrogen) atoms. The van der Waals surface area contributed by atoms with Gasteiger partial charge in [-0.1, -0.05) is 17.7 Å². The third kappa shape index (κ3) is 5.40. The maximum atomic E-state index is 13.9. The highest BCUT2D eigenvalue weighted by Crippen LogP contribution is 2.39. The van der Waals surface area contributed by atoms with Gasteiger partial charge < -0.3 is 19.9 Å². The smallest absolute Gasteiger partial charge is 0.338 e. The Labute approximate surface area is 221 Å². The number of amidine groups is 1. The van der Waals surface area contributed by atoms with Crippen LogP contribution in [0.25, 0.3) is 0 Å². The Bertz CT molecular complexity index is 1240. The molecule has 2 N–H and O–H groups in total. The number of carbonyl (C=O) groups excluding carboxylic acids is 1. The summed E-state index contributed by atoms with van der Waals surface area (Å²) in [5.41, 5.74) is 1.34. The van der Waals surface area contributed by atoms with Gasteiger partial charge in [0, 0.05) is 52.9 Å². The van der Waals surface area contributed by atoms with E-state index in [0.29, 0.717) is 54.7 Å². The number of nitrogens with one attached hydrogen (secondary N) is 1. The van der Waals surface area contributed by atoms with E-state index >= 15 is 0 Å². The molecule has 2 bridgehead atoms. The summed E-state index contributed by atoms with van der Waals surface area (Å²) < 4.78 is 24.8. The molecule has 0 aliphatic carbocycles. The number of halogens is 2. The molecule has 3 atom stereocenters. The summed E-state index contributed by atoms with van der Waals surface area (Å²) >= 11 is 7.83. The molecule has 3 aliphatic rings. The molecule has 2 fully saturated rings. The van der Waals surface area contributed by atoms with Crippen molar-refractivity contribution in [2.75, 3.05) is 26.9 Å². The van der Waals surface area contributed by atoms with Crippen molar-refractivity contribution in [2.24, 2.45) is 10.9 Å². The van der Waals surface area contributed by atoms with E-state index in [4.69, 9.17) is 26.1 Å². The van der Waals surface area contributed by atoms with Gasteiger partial charge in [-0.15, -0.1) is 11.3 Å². The molecule has 196 valence electrons. The number of methoxy groups -OCH3 is 1. The number of hydrogen-bond donors (Lipinski definition) is 2. The molecule has 5 rings (SSSR count). The highest BCUT2D eigenvalue weighted by atomic mass is 35.5. The third-order valence-corrected chi connectivity index (χ3v) is 8.10. The average Bonchev–Trinajstić information content (AvgIpc) is 3.38. The topological polar surface area (TPSA) is 113 Å². The molecule has 12 heteroatoms. The van der Waals surface area contributed by atoms with E-state index in [9.17, 15) is 19.1 Å². The number of aliphatic imine (C=N–C) groups is 1. The minimum absolute atomic E-state index is 0.0000779. The normalized spacial score (nSPS) is 25.9. The molecule has 4 heterocycles. The number of esters is 1. The zero-order valence-corrected chi connectivity index (χ0v) is 21.6. The number of benzene rings is 1. The van der Waals surface area contributed by atoms with Crippen molar-refractivity contribution < 1.29 is 28.6 Å². The molecule has 0 saturated carbocycles. The fourth-order valence-electron chi connectivity index (χ4n) is 5.42. The number of thiazole rings is 1. The Hall–Kier alpha value is -2.86. The highest BCUT2D eigenvalue weighted by molar-refractivity contribution is 7.11. The molecule has 0 spiro atoms. The van der Waals surface area contributed by atoms with Crippen LogP contribution in [0.3, 0.4) is 0 Å². The Morgan fingerprint density at radius 3 is 2.70 bits per heavy atom. The predicted molar refractivity (Wildman–Crippen MR) is 135 cm³/mol. The number of hydrogen-bond acceptors (Lipinski definition) is 9. The molecular weight excluding hydrogens is 523 g/mol. The Kier molecular flexibility index (Phi) is 7.57. The number of aliphatic carboxylic acids is 1. The number of morpholine rings is 1. The molecule has 0 radical (unpaired) electrons. The molecule has 2 aromatic rings. The van der Waals surface area contributed by atoms with E-state index in [1.165, 1.54) is 36.6 Å². The lowest BCUT2D eigenvalue weighted by Crippen LogP contribution is -2.58. The number of nitrogens with zero attached hydrogens (tertiary/aromatic N) is 3. The van der Waals surface area contributed by atoms with Crippen LogP contribution in [0, 0.1) is 11.7 Å². The van der Waals surface area contributed by atoms with Gasteiger partial charge in [0.2, 0.25) is 0 Å². The van der Waals surface area contributed by atoms with Gasteiger partial charge in [0.15, 0.2) is 10.8 Å². The average molecular weight is 549 g/mol. The lowest BCUT2D eigenvalue weighted by molar-refractivity contribution is -0.141. The van der Waals surface area contributed by atoms with E-state index in [1.807, 2.05) is 5.38 Å². The monoisotopic (exact) mass is 548 g/mol. The second-order valence-corrected chi connectivity index (χ2v) is 10.6. The maximum absolute atomic E-state index is 13.9. The Morgan fingerprint density at radius 1 is 1.32 bits per heavy atom. The number of carbonyl (C=O) groups is 2. The quantitative estimate of drug-likeness (QED) is 0.506. The first-order chi connectivity index (χ1) is 17.8. The van der Waals surface area contributed by atoms with Gasteiger partial charge in [0.05, 0.1) is 25.9 Å². The number of aromatic nitrogens is 1. The predicted octanol–water partition coefficient (Wildman–Crippen LogP) is 3.41. The van der Waals surface area contributed by atoms with Crippen LogP contribution in [0.5, 0.6) is 0 Å². The third-order valence-electron chi connectivity index (χ3n) is 7.00. The fourth-order valence-corrected chi connectivity index (χ4v) is 6.28. The summed E-state index contributed by atoms with van der Waals surface area (Å²) in [6, 6.07) is 3.17. The number of fused-ring (bicyclic) bond motifs is 2. The molecule has 1 aromatic heterocycles. The molecule has 2 saturated heterocycles. The van der Waals surface area contributed by atoms with Gasteiger partial charge >= 0.3 is 11.9 Å². The lowest BCUT2D eigenvalue weighted by Gasteiger charge is -2.49. The van der Waals surface area contributed by atoms with E-state index in [0.717, 1.165) is 0 Å². The van der Waals surface area contributed by atoms with E-state index in [1.54, 1.807) is 6.20 Å². The van der Waals surface area contributed by atoms with Crippen LogP contribution >= 0.6 is 22.9 Å². The van der Waals surface area contributed by atoms with Crippen LogP contribution in [0.2, 0.25) is 5.02 Å². The number of carboxylic acids is 1. The van der Waals surface area contributed by atoms with E-state index in [2.05, 4.69) is 15.2 Å². The largest absolute Gasteiger partial charge is 0.481 e. The molecule has 0 amide bonds. The van der Waals surface area contributed by atoms with Crippen molar-refractivity contribution in [2.45, 2.75) is 37.4 Å². The molecule has 3 unspecified atom stereocenters. The van der Waals surface area contributed by atoms with Crippen LogP contribution in [0.15, 0.2) is 46.0 Å². The Balaban J connectivity index is 1.55. The van der Waals surface area contributed by atoms with Gasteiger partial charge in [-0.2, -0.15) is 0 Å². The van der Waals surface area contributed by atoms with Crippen molar-refractivity contribution in [1.82, 2.24) is 15.2 Å². The van der Waals surface area contributed by atoms with Gasteiger partial charge in [0.25, 0.3) is 0 Å². The maximum Gasteiger partial charge on any atom is 0.338 e. The number of carboxylic acid groups (broad SMARTS) is 1. The van der Waals surface area contributed by atoms with Crippen LogP contribution in [-0.2, 0) is 19.1 Å². The fraction of sp³-hybridized carbons (Fsp3) is 0.440. The number of rotatable bonds is 7. The summed E-state index contributed by atoms with van der Waals surface area (Å²) in [4.78, 5) is 35.9. The van der Waals surface area contributed by atoms with Crippen LogP contribution < -0.4 is 5.32 Å². The first-order valence-electron chi connectivity index (χ1n) is 11.9. The SMILES string of the molecule is COC(=O)C1=C(CN2C3COCC2CC(CC(=O)O)C3)NC(c2nccs2)=NC1c1ccc(F)cc1Cl. The van der Waals surface area contributed by atoms with E-state index < -0.39 is 23.8 Å². The molecule has 3 aliphatic heterocycles. The second kappa shape index (κ2) is 10.9. The molecule has 9 nitrogen and oxygen atoms in total. The van der Waals surface area contributed by atoms with Crippen LogP contribution in [0.4, 0.5) is 4.39 Å². The first-order valence-corrected chi connectivity index (χ1v) is 13.2. The van der Waals surface area contributed by atoms with E-state index in [-0.39, 0.29) is 35.0 Å². The lowest BCUT2D eigenvalue weighted by atomic mass is 9.82.